The van der Waals surface area contributed by atoms with Gasteiger partial charge in [-0.15, -0.1) is 0 Å². The topological polar surface area (TPSA) is 61.6 Å². The number of halogens is 2. The minimum absolute atomic E-state index is 0.0841. The molecule has 0 atom stereocenters. The highest BCUT2D eigenvalue weighted by Gasteiger charge is 2.16. The first kappa shape index (κ1) is 17.0. The maximum atomic E-state index is 12.9. The molecule has 5 nitrogen and oxygen atoms in total. The second-order valence-electron chi connectivity index (χ2n) is 5.11. The normalized spacial score (nSPS) is 10.5. The lowest BCUT2D eigenvalue weighted by molar-refractivity contribution is 0.0460. The fraction of sp³-hybridized carbons (Fsp3) is 0.111. The van der Waals surface area contributed by atoms with Crippen LogP contribution < -0.4 is 4.74 Å². The van der Waals surface area contributed by atoms with Crippen LogP contribution in [0.15, 0.2) is 53.1 Å². The van der Waals surface area contributed by atoms with Gasteiger partial charge in [-0.3, -0.25) is 0 Å². The van der Waals surface area contributed by atoms with Gasteiger partial charge in [-0.2, -0.15) is 0 Å². The molecule has 3 rings (SSSR count). The van der Waals surface area contributed by atoms with Gasteiger partial charge in [0.15, 0.2) is 5.76 Å². The standard InChI is InChI=1S/C18H13ClFNO4/c1-23-16-7-4-12(19)8-15(16)18(22)24-10-14-9-17(25-21-14)11-2-5-13(20)6-3-11/h2-9H,10H2,1H3. The van der Waals surface area contributed by atoms with Crippen molar-refractivity contribution >= 4 is 17.6 Å². The van der Waals surface area contributed by atoms with Crippen molar-refractivity contribution in [3.8, 4) is 17.1 Å². The van der Waals surface area contributed by atoms with Gasteiger partial charge in [0, 0.05) is 16.7 Å². The van der Waals surface area contributed by atoms with Crippen LogP contribution in [0.5, 0.6) is 5.75 Å². The zero-order valence-corrected chi connectivity index (χ0v) is 13.9. The lowest BCUT2D eigenvalue weighted by Gasteiger charge is -2.08. The number of esters is 1. The van der Waals surface area contributed by atoms with Gasteiger partial charge >= 0.3 is 5.97 Å². The summed E-state index contributed by atoms with van der Waals surface area (Å²) >= 11 is 5.90. The van der Waals surface area contributed by atoms with Gasteiger partial charge in [-0.25, -0.2) is 9.18 Å². The van der Waals surface area contributed by atoms with E-state index in [1.54, 1.807) is 30.3 Å². The molecule has 3 aromatic rings. The van der Waals surface area contributed by atoms with Crippen LogP contribution in [-0.2, 0) is 11.3 Å². The SMILES string of the molecule is COc1ccc(Cl)cc1C(=O)OCc1cc(-c2ccc(F)cc2)on1. The van der Waals surface area contributed by atoms with Gasteiger partial charge in [0.05, 0.1) is 7.11 Å². The molecule has 0 aliphatic carbocycles. The summed E-state index contributed by atoms with van der Waals surface area (Å²) in [7, 11) is 1.45. The Bertz CT molecular complexity index is 892. The number of methoxy groups -OCH3 is 1. The molecule has 0 saturated heterocycles. The molecule has 0 aliphatic heterocycles. The third-order valence-electron chi connectivity index (χ3n) is 3.42. The second-order valence-corrected chi connectivity index (χ2v) is 5.55. The van der Waals surface area contributed by atoms with Crippen molar-refractivity contribution in [1.29, 1.82) is 0 Å². The molecule has 0 bridgehead atoms. The highest BCUT2D eigenvalue weighted by Crippen LogP contribution is 2.24. The molecule has 0 radical (unpaired) electrons. The van der Waals surface area contributed by atoms with E-state index in [2.05, 4.69) is 5.16 Å². The molecule has 1 aromatic heterocycles. The molecule has 0 spiro atoms. The average Bonchev–Trinajstić information content (AvgIpc) is 3.09. The fourth-order valence-corrected chi connectivity index (χ4v) is 2.36. The van der Waals surface area contributed by atoms with E-state index in [4.69, 9.17) is 25.6 Å². The molecule has 0 aliphatic rings. The lowest BCUT2D eigenvalue weighted by atomic mass is 10.1. The van der Waals surface area contributed by atoms with Crippen LogP contribution in [-0.4, -0.2) is 18.2 Å². The van der Waals surface area contributed by atoms with E-state index in [0.29, 0.717) is 27.8 Å². The first-order chi connectivity index (χ1) is 12.1. The van der Waals surface area contributed by atoms with E-state index in [1.165, 1.54) is 25.3 Å². The molecule has 0 saturated carbocycles. The predicted molar refractivity (Wildman–Crippen MR) is 89.0 cm³/mol. The summed E-state index contributed by atoms with van der Waals surface area (Å²) in [5.41, 5.74) is 1.31. The van der Waals surface area contributed by atoms with E-state index < -0.39 is 5.97 Å². The number of hydrogen-bond acceptors (Lipinski definition) is 5. The maximum Gasteiger partial charge on any atom is 0.342 e. The van der Waals surface area contributed by atoms with Crippen molar-refractivity contribution in [2.24, 2.45) is 0 Å². The van der Waals surface area contributed by atoms with Crippen LogP contribution in [0.2, 0.25) is 5.02 Å². The Morgan fingerprint density at radius 1 is 1.20 bits per heavy atom. The Balaban J connectivity index is 1.69. The summed E-state index contributed by atoms with van der Waals surface area (Å²) in [6, 6.07) is 12.1. The molecule has 2 aromatic carbocycles. The summed E-state index contributed by atoms with van der Waals surface area (Å²) in [5, 5.41) is 4.23. The van der Waals surface area contributed by atoms with Gasteiger partial charge < -0.3 is 14.0 Å². The Labute approximate surface area is 147 Å². The van der Waals surface area contributed by atoms with Crippen molar-refractivity contribution in [3.05, 3.63) is 70.6 Å². The number of carbonyl (C=O) groups is 1. The third kappa shape index (κ3) is 3.97. The molecule has 1 heterocycles. The maximum absolute atomic E-state index is 12.9. The van der Waals surface area contributed by atoms with Crippen LogP contribution in [0, 0.1) is 5.82 Å². The minimum atomic E-state index is -0.592. The molecule has 0 fully saturated rings. The number of rotatable bonds is 5. The summed E-state index contributed by atoms with van der Waals surface area (Å²) in [6.07, 6.45) is 0. The monoisotopic (exact) mass is 361 g/mol. The fourth-order valence-electron chi connectivity index (χ4n) is 2.19. The number of benzene rings is 2. The van der Waals surface area contributed by atoms with Gasteiger partial charge in [0.1, 0.15) is 29.4 Å². The number of hydrogen-bond donors (Lipinski definition) is 0. The molecule has 7 heteroatoms. The summed E-state index contributed by atoms with van der Waals surface area (Å²) in [6.45, 7) is -0.0841. The van der Waals surface area contributed by atoms with Crippen molar-refractivity contribution < 1.29 is 23.2 Å². The van der Waals surface area contributed by atoms with Crippen molar-refractivity contribution in [3.63, 3.8) is 0 Å². The second kappa shape index (κ2) is 7.36. The number of ether oxygens (including phenoxy) is 2. The highest BCUT2D eigenvalue weighted by molar-refractivity contribution is 6.31. The Morgan fingerprint density at radius 2 is 1.96 bits per heavy atom. The van der Waals surface area contributed by atoms with Gasteiger partial charge in [0.25, 0.3) is 0 Å². The molecule has 0 N–H and O–H groups in total. The average molecular weight is 362 g/mol. The zero-order chi connectivity index (χ0) is 17.8. The Hall–Kier alpha value is -2.86. The molecule has 25 heavy (non-hydrogen) atoms. The quantitative estimate of drug-likeness (QED) is 0.626. The number of carbonyl (C=O) groups excluding carboxylic acids is 1. The van der Waals surface area contributed by atoms with Crippen LogP contribution in [0.25, 0.3) is 11.3 Å². The summed E-state index contributed by atoms with van der Waals surface area (Å²) in [4.78, 5) is 12.2. The third-order valence-corrected chi connectivity index (χ3v) is 3.66. The van der Waals surface area contributed by atoms with Crippen molar-refractivity contribution in [2.45, 2.75) is 6.61 Å². The molecule has 0 unspecified atom stereocenters. The largest absolute Gasteiger partial charge is 0.496 e. The lowest BCUT2D eigenvalue weighted by Crippen LogP contribution is -2.07. The van der Waals surface area contributed by atoms with E-state index in [0.717, 1.165) is 0 Å². The molecule has 0 amide bonds. The summed E-state index contributed by atoms with van der Waals surface area (Å²) < 4.78 is 28.5. The van der Waals surface area contributed by atoms with Gasteiger partial charge in [0.2, 0.25) is 0 Å². The number of aromatic nitrogens is 1. The van der Waals surface area contributed by atoms with Crippen LogP contribution in [0.4, 0.5) is 4.39 Å². The van der Waals surface area contributed by atoms with Crippen LogP contribution >= 0.6 is 11.6 Å². The smallest absolute Gasteiger partial charge is 0.342 e. The first-order valence-corrected chi connectivity index (χ1v) is 7.67. The van der Waals surface area contributed by atoms with E-state index in [1.807, 2.05) is 0 Å². The zero-order valence-electron chi connectivity index (χ0n) is 13.2. The van der Waals surface area contributed by atoms with E-state index >= 15 is 0 Å². The van der Waals surface area contributed by atoms with Crippen molar-refractivity contribution in [2.75, 3.05) is 7.11 Å². The first-order valence-electron chi connectivity index (χ1n) is 7.29. The predicted octanol–water partition coefficient (Wildman–Crippen LogP) is 4.50. The van der Waals surface area contributed by atoms with Crippen LogP contribution in [0.3, 0.4) is 0 Å². The summed E-state index contributed by atoms with van der Waals surface area (Å²) in [5.74, 6) is -0.119. The number of nitrogens with zero attached hydrogens (tertiary/aromatic N) is 1. The highest BCUT2D eigenvalue weighted by atomic mass is 35.5. The van der Waals surface area contributed by atoms with E-state index in [-0.39, 0.29) is 18.0 Å². The molecular weight excluding hydrogens is 349 g/mol. The molecular formula is C18H13ClFNO4. The minimum Gasteiger partial charge on any atom is -0.496 e. The Kier molecular flexibility index (Phi) is 5.00. The Morgan fingerprint density at radius 3 is 2.68 bits per heavy atom. The van der Waals surface area contributed by atoms with Crippen molar-refractivity contribution in [1.82, 2.24) is 5.16 Å². The van der Waals surface area contributed by atoms with Gasteiger partial charge in [-0.05, 0) is 42.5 Å². The van der Waals surface area contributed by atoms with E-state index in [9.17, 15) is 9.18 Å². The van der Waals surface area contributed by atoms with Gasteiger partial charge in [-0.1, -0.05) is 16.8 Å². The van der Waals surface area contributed by atoms with Crippen LogP contribution in [0.1, 0.15) is 16.1 Å². The molecule has 128 valence electrons.